The van der Waals surface area contributed by atoms with Crippen molar-refractivity contribution in [1.29, 1.82) is 0 Å². The molecule has 1 amide bonds. The van der Waals surface area contributed by atoms with Crippen LogP contribution < -0.4 is 10.0 Å². The van der Waals surface area contributed by atoms with E-state index >= 15 is 0 Å². The van der Waals surface area contributed by atoms with Crippen molar-refractivity contribution in [3.8, 4) is 0 Å². The standard InChI is InChI=1S/C19H23ClN4O3S/c1-21-28(26,27)16-7-5-14(6-8-16)12-22-18-17(20)11-15(13-23-18)19(25)24-9-3-2-4-10-24/h5-8,11,13,21H,2-4,9-10,12H2,1H3,(H,22,23). The SMILES string of the molecule is CNS(=O)(=O)c1ccc(CNc2ncc(C(=O)N3CCCCC3)cc2Cl)cc1. The monoisotopic (exact) mass is 422 g/mol. The number of pyridine rings is 1. The molecule has 0 aliphatic carbocycles. The molecule has 0 radical (unpaired) electrons. The summed E-state index contributed by atoms with van der Waals surface area (Å²) < 4.78 is 25.8. The van der Waals surface area contributed by atoms with Crippen LogP contribution in [0.5, 0.6) is 0 Å². The summed E-state index contributed by atoms with van der Waals surface area (Å²) in [6, 6.07) is 8.16. The molecule has 2 N–H and O–H groups in total. The summed E-state index contributed by atoms with van der Waals surface area (Å²) in [5.41, 5.74) is 1.36. The molecule has 1 saturated heterocycles. The molecule has 1 aromatic heterocycles. The van der Waals surface area contributed by atoms with Crippen molar-refractivity contribution < 1.29 is 13.2 Å². The van der Waals surface area contributed by atoms with E-state index in [1.54, 1.807) is 18.2 Å². The second-order valence-corrected chi connectivity index (χ2v) is 8.91. The number of carbonyl (C=O) groups is 1. The molecule has 1 aliphatic heterocycles. The van der Waals surface area contributed by atoms with Crippen LogP contribution in [0.4, 0.5) is 5.82 Å². The predicted molar refractivity (Wildman–Crippen MR) is 109 cm³/mol. The summed E-state index contributed by atoms with van der Waals surface area (Å²) in [4.78, 5) is 18.9. The third-order valence-corrected chi connectivity index (χ3v) is 6.41. The van der Waals surface area contributed by atoms with Gasteiger partial charge < -0.3 is 10.2 Å². The molecule has 0 spiro atoms. The lowest BCUT2D eigenvalue weighted by molar-refractivity contribution is 0.0724. The van der Waals surface area contributed by atoms with Gasteiger partial charge in [-0.3, -0.25) is 4.79 Å². The number of aromatic nitrogens is 1. The topological polar surface area (TPSA) is 91.4 Å². The second kappa shape index (κ2) is 8.89. The number of carbonyl (C=O) groups excluding carboxylic acids is 1. The number of benzene rings is 1. The van der Waals surface area contributed by atoms with Gasteiger partial charge in [-0.15, -0.1) is 0 Å². The van der Waals surface area contributed by atoms with Crippen molar-refractivity contribution in [2.75, 3.05) is 25.5 Å². The number of rotatable bonds is 6. The maximum atomic E-state index is 12.5. The Morgan fingerprint density at radius 3 is 2.46 bits per heavy atom. The van der Waals surface area contributed by atoms with Crippen molar-refractivity contribution in [3.63, 3.8) is 0 Å². The molecular weight excluding hydrogens is 400 g/mol. The van der Waals surface area contributed by atoms with Gasteiger partial charge in [0.25, 0.3) is 5.91 Å². The Balaban J connectivity index is 1.64. The molecule has 0 unspecified atom stereocenters. The molecule has 2 aromatic rings. The number of nitrogens with zero attached hydrogens (tertiary/aromatic N) is 2. The molecule has 1 fully saturated rings. The van der Waals surface area contributed by atoms with Crippen LogP contribution in [0.3, 0.4) is 0 Å². The average molecular weight is 423 g/mol. The molecule has 1 aliphatic rings. The van der Waals surface area contributed by atoms with Crippen LogP contribution in [0.1, 0.15) is 35.2 Å². The molecular formula is C19H23ClN4O3S. The van der Waals surface area contributed by atoms with Gasteiger partial charge in [0, 0.05) is 25.8 Å². The van der Waals surface area contributed by atoms with Gasteiger partial charge in [0.05, 0.1) is 15.5 Å². The number of hydrogen-bond donors (Lipinski definition) is 2. The number of amides is 1. The van der Waals surface area contributed by atoms with Crippen LogP contribution in [0.2, 0.25) is 5.02 Å². The summed E-state index contributed by atoms with van der Waals surface area (Å²) in [5, 5.41) is 3.49. The van der Waals surface area contributed by atoms with E-state index in [1.807, 2.05) is 4.90 Å². The van der Waals surface area contributed by atoms with Gasteiger partial charge in [-0.25, -0.2) is 18.1 Å². The number of hydrogen-bond acceptors (Lipinski definition) is 5. The van der Waals surface area contributed by atoms with Crippen LogP contribution in [-0.4, -0.2) is 44.3 Å². The largest absolute Gasteiger partial charge is 0.365 e. The molecule has 0 atom stereocenters. The quantitative estimate of drug-likeness (QED) is 0.746. The number of likely N-dealkylation sites (tertiary alicyclic amines) is 1. The first-order valence-electron chi connectivity index (χ1n) is 9.12. The predicted octanol–water partition coefficient (Wildman–Crippen LogP) is 2.88. The van der Waals surface area contributed by atoms with Crippen LogP contribution in [-0.2, 0) is 16.6 Å². The summed E-state index contributed by atoms with van der Waals surface area (Å²) >= 11 is 6.30. The Hall–Kier alpha value is -2.16. The zero-order chi connectivity index (χ0) is 20.1. The highest BCUT2D eigenvalue weighted by molar-refractivity contribution is 7.89. The van der Waals surface area contributed by atoms with E-state index < -0.39 is 10.0 Å². The molecule has 150 valence electrons. The summed E-state index contributed by atoms with van der Waals surface area (Å²) in [6.45, 7) is 1.97. The minimum absolute atomic E-state index is 0.0398. The molecule has 7 nitrogen and oxygen atoms in total. The lowest BCUT2D eigenvalue weighted by atomic mass is 10.1. The minimum Gasteiger partial charge on any atom is -0.365 e. The van der Waals surface area contributed by atoms with Gasteiger partial charge in [0.1, 0.15) is 5.82 Å². The Morgan fingerprint density at radius 2 is 1.86 bits per heavy atom. The zero-order valence-electron chi connectivity index (χ0n) is 15.6. The fourth-order valence-electron chi connectivity index (χ4n) is 3.05. The van der Waals surface area contributed by atoms with Crippen molar-refractivity contribution >= 4 is 33.3 Å². The fraction of sp³-hybridized carbons (Fsp3) is 0.368. The minimum atomic E-state index is -3.45. The van der Waals surface area contributed by atoms with Crippen LogP contribution in [0.25, 0.3) is 0 Å². The first-order valence-corrected chi connectivity index (χ1v) is 11.0. The van der Waals surface area contributed by atoms with E-state index in [1.165, 1.54) is 25.4 Å². The number of nitrogens with one attached hydrogen (secondary N) is 2. The maximum Gasteiger partial charge on any atom is 0.255 e. The number of piperidine rings is 1. The smallest absolute Gasteiger partial charge is 0.255 e. The van der Waals surface area contributed by atoms with Gasteiger partial charge in [-0.1, -0.05) is 23.7 Å². The highest BCUT2D eigenvalue weighted by atomic mass is 35.5. The Morgan fingerprint density at radius 1 is 1.18 bits per heavy atom. The van der Waals surface area contributed by atoms with Crippen molar-refractivity contribution in [3.05, 3.63) is 52.7 Å². The highest BCUT2D eigenvalue weighted by Crippen LogP contribution is 2.23. The van der Waals surface area contributed by atoms with E-state index in [4.69, 9.17) is 11.6 Å². The average Bonchev–Trinajstić information content (AvgIpc) is 2.73. The normalized spacial score (nSPS) is 14.7. The molecule has 1 aromatic carbocycles. The van der Waals surface area contributed by atoms with E-state index in [-0.39, 0.29) is 10.8 Å². The summed E-state index contributed by atoms with van der Waals surface area (Å²) in [5.74, 6) is 0.436. The third kappa shape index (κ3) is 4.81. The van der Waals surface area contributed by atoms with E-state index in [9.17, 15) is 13.2 Å². The first-order chi connectivity index (χ1) is 13.4. The lowest BCUT2D eigenvalue weighted by Gasteiger charge is -2.26. The van der Waals surface area contributed by atoms with Gasteiger partial charge in [0.2, 0.25) is 10.0 Å². The fourth-order valence-corrected chi connectivity index (χ4v) is 4.02. The van der Waals surface area contributed by atoms with Gasteiger partial charge in [-0.05, 0) is 50.1 Å². The number of anilines is 1. The van der Waals surface area contributed by atoms with E-state index in [0.29, 0.717) is 22.9 Å². The van der Waals surface area contributed by atoms with Crippen LogP contribution >= 0.6 is 11.6 Å². The van der Waals surface area contributed by atoms with Crippen LogP contribution in [0.15, 0.2) is 41.4 Å². The molecule has 3 rings (SSSR count). The Bertz CT molecular complexity index is 942. The summed E-state index contributed by atoms with van der Waals surface area (Å²) in [7, 11) is -2.08. The maximum absolute atomic E-state index is 12.5. The van der Waals surface area contributed by atoms with Gasteiger partial charge >= 0.3 is 0 Å². The van der Waals surface area contributed by atoms with E-state index in [0.717, 1.165) is 37.9 Å². The Labute approximate surface area is 170 Å². The number of halogens is 1. The molecule has 28 heavy (non-hydrogen) atoms. The molecule has 0 saturated carbocycles. The first kappa shape index (κ1) is 20.6. The van der Waals surface area contributed by atoms with Gasteiger partial charge in [-0.2, -0.15) is 0 Å². The summed E-state index contributed by atoms with van der Waals surface area (Å²) in [6.07, 6.45) is 4.75. The van der Waals surface area contributed by atoms with Crippen LogP contribution in [0, 0.1) is 0 Å². The zero-order valence-corrected chi connectivity index (χ0v) is 17.2. The molecule has 9 heteroatoms. The van der Waals surface area contributed by atoms with E-state index in [2.05, 4.69) is 15.0 Å². The second-order valence-electron chi connectivity index (χ2n) is 6.61. The number of sulfonamides is 1. The van der Waals surface area contributed by atoms with Crippen molar-refractivity contribution in [2.24, 2.45) is 0 Å². The highest BCUT2D eigenvalue weighted by Gasteiger charge is 2.19. The Kier molecular flexibility index (Phi) is 6.53. The lowest BCUT2D eigenvalue weighted by Crippen LogP contribution is -2.35. The van der Waals surface area contributed by atoms with Crippen molar-refractivity contribution in [1.82, 2.24) is 14.6 Å². The molecule has 2 heterocycles. The van der Waals surface area contributed by atoms with Crippen molar-refractivity contribution in [2.45, 2.75) is 30.7 Å². The molecule has 0 bridgehead atoms. The third-order valence-electron chi connectivity index (χ3n) is 4.69. The van der Waals surface area contributed by atoms with Gasteiger partial charge in [0.15, 0.2) is 0 Å².